The van der Waals surface area contributed by atoms with Gasteiger partial charge in [-0.3, -0.25) is 4.90 Å². The van der Waals surface area contributed by atoms with Crippen LogP contribution in [0.15, 0.2) is 0 Å². The molecule has 3 heteroatoms. The Morgan fingerprint density at radius 1 is 1.54 bits per heavy atom. The molecule has 1 aliphatic carbocycles. The molecule has 0 aromatic heterocycles. The van der Waals surface area contributed by atoms with Crippen molar-refractivity contribution in [1.82, 2.24) is 10.2 Å². The Morgan fingerprint density at radius 3 is 2.69 bits per heavy atom. The van der Waals surface area contributed by atoms with Crippen LogP contribution >= 0.6 is 0 Å². The quantitative estimate of drug-likeness (QED) is 0.633. The average Bonchev–Trinajstić information content (AvgIpc) is 2.94. The van der Waals surface area contributed by atoms with Gasteiger partial charge in [0.25, 0.3) is 0 Å². The second kappa shape index (κ2) is 5.58. The molecule has 1 N–H and O–H groups in total. The van der Waals surface area contributed by atoms with E-state index in [1.165, 1.54) is 12.8 Å². The third kappa shape index (κ3) is 4.07. The van der Waals surface area contributed by atoms with Crippen molar-refractivity contribution in [3.05, 3.63) is 0 Å². The van der Waals surface area contributed by atoms with E-state index in [1.54, 1.807) is 7.11 Å². The maximum absolute atomic E-state index is 5.10. The lowest BCUT2D eigenvalue weighted by molar-refractivity contribution is 0.138. The van der Waals surface area contributed by atoms with E-state index < -0.39 is 0 Å². The lowest BCUT2D eigenvalue weighted by Gasteiger charge is -2.24. The molecule has 13 heavy (non-hydrogen) atoms. The minimum Gasteiger partial charge on any atom is -0.383 e. The number of hydrogen-bond donors (Lipinski definition) is 1. The summed E-state index contributed by atoms with van der Waals surface area (Å²) < 4.78 is 5.10. The van der Waals surface area contributed by atoms with Gasteiger partial charge in [0.05, 0.1) is 6.61 Å². The van der Waals surface area contributed by atoms with Gasteiger partial charge in [-0.25, -0.2) is 0 Å². The fraction of sp³-hybridized carbons (Fsp3) is 1.00. The molecule has 0 bridgehead atoms. The van der Waals surface area contributed by atoms with Gasteiger partial charge in [-0.15, -0.1) is 0 Å². The predicted octanol–water partition coefficient (Wildman–Crippen LogP) is 0.705. The molecule has 0 aromatic carbocycles. The fourth-order valence-corrected chi connectivity index (χ4v) is 1.51. The minimum atomic E-state index is 0.581. The third-order valence-corrected chi connectivity index (χ3v) is 2.65. The first kappa shape index (κ1) is 11.0. The van der Waals surface area contributed by atoms with Gasteiger partial charge in [0.15, 0.2) is 0 Å². The van der Waals surface area contributed by atoms with Crippen LogP contribution < -0.4 is 5.32 Å². The van der Waals surface area contributed by atoms with Crippen LogP contribution in [0, 0.1) is 0 Å². The number of likely N-dealkylation sites (N-methyl/N-ethyl adjacent to an activating group) is 1. The highest BCUT2D eigenvalue weighted by Gasteiger charge is 2.28. The van der Waals surface area contributed by atoms with E-state index in [-0.39, 0.29) is 0 Å². The highest BCUT2D eigenvalue weighted by Crippen LogP contribution is 2.26. The van der Waals surface area contributed by atoms with Gasteiger partial charge in [0.1, 0.15) is 0 Å². The molecule has 1 atom stereocenters. The van der Waals surface area contributed by atoms with Crippen molar-refractivity contribution in [2.45, 2.75) is 31.8 Å². The molecule has 3 nitrogen and oxygen atoms in total. The summed E-state index contributed by atoms with van der Waals surface area (Å²) >= 11 is 0. The van der Waals surface area contributed by atoms with Gasteiger partial charge in [-0.2, -0.15) is 0 Å². The van der Waals surface area contributed by atoms with Crippen LogP contribution in [0.5, 0.6) is 0 Å². The summed E-state index contributed by atoms with van der Waals surface area (Å²) in [5, 5.41) is 3.27. The van der Waals surface area contributed by atoms with Crippen LogP contribution in [-0.4, -0.2) is 50.8 Å². The molecule has 0 radical (unpaired) electrons. The van der Waals surface area contributed by atoms with Crippen molar-refractivity contribution >= 4 is 0 Å². The van der Waals surface area contributed by atoms with Crippen LogP contribution in [0.4, 0.5) is 0 Å². The third-order valence-electron chi connectivity index (χ3n) is 2.65. The second-order valence-corrected chi connectivity index (χ2v) is 3.91. The Hall–Kier alpha value is -0.120. The van der Waals surface area contributed by atoms with E-state index in [4.69, 9.17) is 4.74 Å². The summed E-state index contributed by atoms with van der Waals surface area (Å²) in [6.07, 6.45) is 2.75. The lowest BCUT2D eigenvalue weighted by Crippen LogP contribution is -2.40. The molecule has 1 unspecified atom stereocenters. The molecule has 0 saturated heterocycles. The van der Waals surface area contributed by atoms with E-state index >= 15 is 0 Å². The van der Waals surface area contributed by atoms with E-state index in [0.29, 0.717) is 6.04 Å². The normalized spacial score (nSPS) is 19.4. The Labute approximate surface area is 81.4 Å². The topological polar surface area (TPSA) is 24.5 Å². The van der Waals surface area contributed by atoms with Crippen molar-refractivity contribution in [3.63, 3.8) is 0 Å². The first-order valence-corrected chi connectivity index (χ1v) is 5.18. The molecule has 1 rings (SSSR count). The zero-order valence-electron chi connectivity index (χ0n) is 9.05. The Morgan fingerprint density at radius 2 is 2.23 bits per heavy atom. The maximum atomic E-state index is 5.10. The molecule has 1 aliphatic rings. The first-order valence-electron chi connectivity index (χ1n) is 5.18. The van der Waals surface area contributed by atoms with Crippen LogP contribution in [0.2, 0.25) is 0 Å². The molecular formula is C10H22N2O. The molecular weight excluding hydrogens is 164 g/mol. The minimum absolute atomic E-state index is 0.581. The summed E-state index contributed by atoms with van der Waals surface area (Å²) in [4.78, 5) is 2.53. The molecule has 1 saturated carbocycles. The van der Waals surface area contributed by atoms with E-state index in [2.05, 4.69) is 17.1 Å². The monoisotopic (exact) mass is 186 g/mol. The largest absolute Gasteiger partial charge is 0.383 e. The van der Waals surface area contributed by atoms with Crippen LogP contribution in [0.3, 0.4) is 0 Å². The highest BCUT2D eigenvalue weighted by molar-refractivity contribution is 4.85. The number of nitrogens with zero attached hydrogens (tertiary/aromatic N) is 1. The standard InChI is InChI=1S/C10H22N2O/c1-9(11-2)8-12(6-7-13-3)10-4-5-10/h9-11H,4-8H2,1-3H3. The molecule has 0 aliphatic heterocycles. The van der Waals surface area contributed by atoms with Crippen LogP contribution in [0.25, 0.3) is 0 Å². The van der Waals surface area contributed by atoms with Gasteiger partial charge in [-0.1, -0.05) is 0 Å². The van der Waals surface area contributed by atoms with Crippen LogP contribution in [0.1, 0.15) is 19.8 Å². The van der Waals surface area contributed by atoms with Crippen molar-refractivity contribution < 1.29 is 4.74 Å². The smallest absolute Gasteiger partial charge is 0.0589 e. The number of methoxy groups -OCH3 is 1. The number of rotatable bonds is 7. The van der Waals surface area contributed by atoms with Gasteiger partial charge >= 0.3 is 0 Å². The zero-order valence-corrected chi connectivity index (χ0v) is 9.05. The first-order chi connectivity index (χ1) is 6.27. The number of nitrogens with one attached hydrogen (secondary N) is 1. The lowest BCUT2D eigenvalue weighted by atomic mass is 10.3. The summed E-state index contributed by atoms with van der Waals surface area (Å²) in [7, 11) is 3.79. The summed E-state index contributed by atoms with van der Waals surface area (Å²) in [5.41, 5.74) is 0. The number of ether oxygens (including phenoxy) is 1. The fourth-order valence-electron chi connectivity index (χ4n) is 1.51. The Bertz CT molecular complexity index is 137. The van der Waals surface area contributed by atoms with Gasteiger partial charge in [0, 0.05) is 32.3 Å². The molecule has 0 spiro atoms. The van der Waals surface area contributed by atoms with Crippen molar-refractivity contribution in [2.75, 3.05) is 33.9 Å². The SMILES string of the molecule is CNC(C)CN(CCOC)C1CC1. The van der Waals surface area contributed by atoms with Gasteiger partial charge in [-0.05, 0) is 26.8 Å². The Kier molecular flexibility index (Phi) is 4.70. The van der Waals surface area contributed by atoms with E-state index in [0.717, 1.165) is 25.7 Å². The molecule has 0 heterocycles. The molecule has 1 fully saturated rings. The zero-order chi connectivity index (χ0) is 9.68. The average molecular weight is 186 g/mol. The summed E-state index contributed by atoms with van der Waals surface area (Å²) in [6, 6.07) is 1.42. The summed E-state index contributed by atoms with van der Waals surface area (Å²) in [6.45, 7) is 5.30. The predicted molar refractivity (Wildman–Crippen MR) is 55.0 cm³/mol. The Balaban J connectivity index is 2.20. The van der Waals surface area contributed by atoms with Crippen molar-refractivity contribution in [3.8, 4) is 0 Å². The van der Waals surface area contributed by atoms with Crippen LogP contribution in [-0.2, 0) is 4.74 Å². The van der Waals surface area contributed by atoms with Gasteiger partial charge < -0.3 is 10.1 Å². The molecule has 0 aromatic rings. The van der Waals surface area contributed by atoms with E-state index in [9.17, 15) is 0 Å². The number of hydrogen-bond acceptors (Lipinski definition) is 3. The molecule has 0 amide bonds. The molecule has 78 valence electrons. The maximum Gasteiger partial charge on any atom is 0.0589 e. The summed E-state index contributed by atoms with van der Waals surface area (Å²) in [5.74, 6) is 0. The highest BCUT2D eigenvalue weighted by atomic mass is 16.5. The van der Waals surface area contributed by atoms with Crippen molar-refractivity contribution in [1.29, 1.82) is 0 Å². The van der Waals surface area contributed by atoms with E-state index in [1.807, 2.05) is 7.05 Å². The second-order valence-electron chi connectivity index (χ2n) is 3.91. The van der Waals surface area contributed by atoms with Gasteiger partial charge in [0.2, 0.25) is 0 Å². The van der Waals surface area contributed by atoms with Crippen molar-refractivity contribution in [2.24, 2.45) is 0 Å².